The van der Waals surface area contributed by atoms with Crippen LogP contribution in [0.15, 0.2) is 0 Å². The van der Waals surface area contributed by atoms with Gasteiger partial charge in [-0.1, -0.05) is 6.92 Å². The molecule has 1 heterocycles. The third-order valence-electron chi connectivity index (χ3n) is 4.18. The molecule has 2 unspecified atom stereocenters. The second kappa shape index (κ2) is 6.91. The Kier molecular flexibility index (Phi) is 5.20. The fraction of sp³-hybridized carbons (Fsp3) is 0.800. The molecule has 1 aliphatic heterocycles. The number of amides is 2. The highest BCUT2D eigenvalue weighted by Crippen LogP contribution is 2.28. The van der Waals surface area contributed by atoms with Crippen LogP contribution in [0, 0.1) is 17.8 Å². The maximum atomic E-state index is 12.1. The zero-order valence-electron chi connectivity index (χ0n) is 12.5. The second-order valence-corrected chi connectivity index (χ2v) is 6.34. The minimum absolute atomic E-state index is 0.00605. The van der Waals surface area contributed by atoms with E-state index in [9.17, 15) is 14.4 Å². The van der Waals surface area contributed by atoms with E-state index in [1.807, 2.05) is 6.92 Å². The van der Waals surface area contributed by atoms with E-state index in [2.05, 4.69) is 5.32 Å². The lowest BCUT2D eigenvalue weighted by Crippen LogP contribution is -2.45. The van der Waals surface area contributed by atoms with Crippen molar-refractivity contribution in [3.63, 3.8) is 0 Å². The van der Waals surface area contributed by atoms with Crippen molar-refractivity contribution in [1.82, 2.24) is 10.2 Å². The van der Waals surface area contributed by atoms with Gasteiger partial charge in [-0.3, -0.25) is 14.4 Å². The van der Waals surface area contributed by atoms with E-state index >= 15 is 0 Å². The maximum absolute atomic E-state index is 12.1. The number of piperidine rings is 1. The average molecular weight is 296 g/mol. The molecule has 6 heteroatoms. The van der Waals surface area contributed by atoms with Gasteiger partial charge in [0.2, 0.25) is 11.8 Å². The Bertz CT molecular complexity index is 420. The van der Waals surface area contributed by atoms with E-state index in [1.54, 1.807) is 4.90 Å². The van der Waals surface area contributed by atoms with Crippen molar-refractivity contribution in [3.05, 3.63) is 0 Å². The number of carbonyl (C=O) groups excluding carboxylic acids is 2. The van der Waals surface area contributed by atoms with E-state index in [4.69, 9.17) is 5.11 Å². The molecule has 0 spiro atoms. The van der Waals surface area contributed by atoms with Gasteiger partial charge in [0.15, 0.2) is 0 Å². The van der Waals surface area contributed by atoms with E-state index in [0.29, 0.717) is 38.9 Å². The van der Waals surface area contributed by atoms with Crippen LogP contribution in [-0.4, -0.2) is 47.4 Å². The number of carboxylic acids is 1. The molecule has 0 aromatic rings. The Morgan fingerprint density at radius 1 is 1.19 bits per heavy atom. The lowest BCUT2D eigenvalue weighted by Gasteiger charge is -2.34. The molecule has 0 bridgehead atoms. The van der Waals surface area contributed by atoms with Gasteiger partial charge in [-0.25, -0.2) is 0 Å². The van der Waals surface area contributed by atoms with E-state index < -0.39 is 11.9 Å². The number of nitrogens with one attached hydrogen (secondary N) is 1. The Morgan fingerprint density at radius 2 is 1.90 bits per heavy atom. The zero-order chi connectivity index (χ0) is 15.4. The van der Waals surface area contributed by atoms with Crippen LogP contribution < -0.4 is 5.32 Å². The molecule has 1 aliphatic carbocycles. The SMILES string of the molecule is CC1CC(C(=O)O)CN(C(=O)CCCNC(=O)C2CC2)C1. The Hall–Kier alpha value is -1.59. The summed E-state index contributed by atoms with van der Waals surface area (Å²) in [7, 11) is 0. The van der Waals surface area contributed by atoms with E-state index in [-0.39, 0.29) is 23.7 Å². The summed E-state index contributed by atoms with van der Waals surface area (Å²) in [4.78, 5) is 36.3. The van der Waals surface area contributed by atoms with Gasteiger partial charge in [-0.05, 0) is 31.6 Å². The summed E-state index contributed by atoms with van der Waals surface area (Å²) in [6.07, 6.45) is 3.57. The summed E-state index contributed by atoms with van der Waals surface area (Å²) in [5.74, 6) is -0.768. The van der Waals surface area contributed by atoms with Gasteiger partial charge in [0, 0.05) is 32.0 Å². The molecule has 0 radical (unpaired) electrons. The van der Waals surface area contributed by atoms with Crippen molar-refractivity contribution in [1.29, 1.82) is 0 Å². The number of nitrogens with zero attached hydrogens (tertiary/aromatic N) is 1. The third kappa shape index (κ3) is 4.72. The highest BCUT2D eigenvalue weighted by atomic mass is 16.4. The van der Waals surface area contributed by atoms with Crippen LogP contribution in [0.4, 0.5) is 0 Å². The second-order valence-electron chi connectivity index (χ2n) is 6.34. The van der Waals surface area contributed by atoms with Crippen LogP contribution in [0.3, 0.4) is 0 Å². The first-order valence-corrected chi connectivity index (χ1v) is 7.75. The van der Waals surface area contributed by atoms with Gasteiger partial charge < -0.3 is 15.3 Å². The number of carboxylic acid groups (broad SMARTS) is 1. The number of hydrogen-bond donors (Lipinski definition) is 2. The van der Waals surface area contributed by atoms with Gasteiger partial charge >= 0.3 is 5.97 Å². The van der Waals surface area contributed by atoms with Crippen LogP contribution in [0.2, 0.25) is 0 Å². The fourth-order valence-corrected chi connectivity index (χ4v) is 2.83. The minimum atomic E-state index is -0.823. The Labute approximate surface area is 124 Å². The van der Waals surface area contributed by atoms with Crippen molar-refractivity contribution < 1.29 is 19.5 Å². The smallest absolute Gasteiger partial charge is 0.308 e. The lowest BCUT2D eigenvalue weighted by atomic mass is 9.90. The van der Waals surface area contributed by atoms with Gasteiger partial charge in [0.25, 0.3) is 0 Å². The molecule has 1 saturated carbocycles. The number of likely N-dealkylation sites (tertiary alicyclic amines) is 1. The predicted octanol–water partition coefficient (Wildman–Crippen LogP) is 0.862. The molecule has 118 valence electrons. The van der Waals surface area contributed by atoms with Crippen molar-refractivity contribution in [2.75, 3.05) is 19.6 Å². The van der Waals surface area contributed by atoms with Crippen molar-refractivity contribution >= 4 is 17.8 Å². The normalized spacial score (nSPS) is 25.5. The molecule has 6 nitrogen and oxygen atoms in total. The molecule has 1 saturated heterocycles. The molecule has 2 amide bonds. The van der Waals surface area contributed by atoms with Crippen LogP contribution in [0.5, 0.6) is 0 Å². The molecule has 21 heavy (non-hydrogen) atoms. The van der Waals surface area contributed by atoms with Crippen LogP contribution in [0.1, 0.15) is 39.0 Å². The lowest BCUT2D eigenvalue weighted by molar-refractivity contribution is -0.147. The molecule has 2 N–H and O–H groups in total. The summed E-state index contributed by atoms with van der Waals surface area (Å²) in [5, 5.41) is 11.9. The van der Waals surface area contributed by atoms with Crippen molar-refractivity contribution in [2.24, 2.45) is 17.8 Å². The zero-order valence-corrected chi connectivity index (χ0v) is 12.5. The monoisotopic (exact) mass is 296 g/mol. The van der Waals surface area contributed by atoms with Crippen LogP contribution in [-0.2, 0) is 14.4 Å². The molecular formula is C15H24N2O4. The van der Waals surface area contributed by atoms with Crippen LogP contribution >= 0.6 is 0 Å². The summed E-state index contributed by atoms with van der Waals surface area (Å²) in [5.41, 5.74) is 0. The van der Waals surface area contributed by atoms with Gasteiger partial charge in [0.05, 0.1) is 5.92 Å². The van der Waals surface area contributed by atoms with Crippen molar-refractivity contribution in [2.45, 2.75) is 39.0 Å². The van der Waals surface area contributed by atoms with Crippen molar-refractivity contribution in [3.8, 4) is 0 Å². The average Bonchev–Trinajstić information content (AvgIpc) is 3.26. The first kappa shape index (κ1) is 15.8. The molecule has 2 rings (SSSR count). The predicted molar refractivity (Wildman–Crippen MR) is 76.5 cm³/mol. The van der Waals surface area contributed by atoms with Gasteiger partial charge in [0.1, 0.15) is 0 Å². The topological polar surface area (TPSA) is 86.7 Å². The quantitative estimate of drug-likeness (QED) is 0.712. The highest BCUT2D eigenvalue weighted by Gasteiger charge is 2.32. The largest absolute Gasteiger partial charge is 0.481 e. The number of hydrogen-bond acceptors (Lipinski definition) is 3. The maximum Gasteiger partial charge on any atom is 0.308 e. The van der Waals surface area contributed by atoms with Crippen LogP contribution in [0.25, 0.3) is 0 Å². The summed E-state index contributed by atoms with van der Waals surface area (Å²) >= 11 is 0. The summed E-state index contributed by atoms with van der Waals surface area (Å²) < 4.78 is 0. The molecule has 0 aromatic heterocycles. The van der Waals surface area contributed by atoms with Gasteiger partial charge in [-0.2, -0.15) is 0 Å². The standard InChI is InChI=1S/C15H24N2O4/c1-10-7-12(15(20)21)9-17(8-10)13(18)3-2-6-16-14(19)11-4-5-11/h10-12H,2-9H2,1H3,(H,16,19)(H,20,21). The van der Waals surface area contributed by atoms with E-state index in [0.717, 1.165) is 12.8 Å². The molecule has 2 aliphatic rings. The highest BCUT2D eigenvalue weighted by molar-refractivity contribution is 5.81. The first-order valence-electron chi connectivity index (χ1n) is 7.75. The summed E-state index contributed by atoms with van der Waals surface area (Å²) in [6, 6.07) is 0. The molecule has 0 aromatic carbocycles. The molecule has 2 atom stereocenters. The minimum Gasteiger partial charge on any atom is -0.481 e. The molecular weight excluding hydrogens is 272 g/mol. The van der Waals surface area contributed by atoms with Gasteiger partial charge in [-0.15, -0.1) is 0 Å². The molecule has 2 fully saturated rings. The fourth-order valence-electron chi connectivity index (χ4n) is 2.83. The first-order chi connectivity index (χ1) is 9.97. The number of carbonyl (C=O) groups is 3. The van der Waals surface area contributed by atoms with E-state index in [1.165, 1.54) is 0 Å². The Balaban J connectivity index is 1.69. The Morgan fingerprint density at radius 3 is 2.52 bits per heavy atom. The number of aliphatic carboxylic acids is 1. The summed E-state index contributed by atoms with van der Waals surface area (Å²) in [6.45, 7) is 3.45. The number of rotatable bonds is 6. The third-order valence-corrected chi connectivity index (χ3v) is 4.18.